The predicted octanol–water partition coefficient (Wildman–Crippen LogP) is 6.36. The molecule has 0 aliphatic heterocycles. The summed E-state index contributed by atoms with van der Waals surface area (Å²) < 4.78 is 14.6. The van der Waals surface area contributed by atoms with Gasteiger partial charge in [0.2, 0.25) is 7.14 Å². The fourth-order valence-electron chi connectivity index (χ4n) is 3.96. The molecule has 5 rings (SSSR count). The SMILES string of the molecule is O=P(C1=CCCC=C1)(c1ccc(-c2ccccc2)cn1)c1ccc(-c2ccccc2)cn1. The lowest BCUT2D eigenvalue weighted by molar-refractivity contribution is 0.590. The Hall–Kier alpha value is -3.55. The van der Waals surface area contributed by atoms with Gasteiger partial charge in [0.1, 0.15) is 10.9 Å². The summed E-state index contributed by atoms with van der Waals surface area (Å²) in [6.45, 7) is 0. The Morgan fingerprint density at radius 1 is 0.594 bits per heavy atom. The first-order valence-electron chi connectivity index (χ1n) is 10.8. The van der Waals surface area contributed by atoms with Crippen molar-refractivity contribution >= 4 is 18.0 Å². The second-order valence-electron chi connectivity index (χ2n) is 7.76. The molecular weight excluding hydrogens is 411 g/mol. The van der Waals surface area contributed by atoms with Crippen molar-refractivity contribution in [2.75, 3.05) is 0 Å². The van der Waals surface area contributed by atoms with Crippen LogP contribution in [0.3, 0.4) is 0 Å². The van der Waals surface area contributed by atoms with Gasteiger partial charge >= 0.3 is 0 Å². The maximum Gasteiger partial charge on any atom is 0.205 e. The highest BCUT2D eigenvalue weighted by Gasteiger charge is 2.34. The van der Waals surface area contributed by atoms with Crippen LogP contribution in [0.5, 0.6) is 0 Å². The van der Waals surface area contributed by atoms with Crippen molar-refractivity contribution in [3.8, 4) is 22.3 Å². The van der Waals surface area contributed by atoms with E-state index in [0.717, 1.165) is 40.4 Å². The number of nitrogens with zero attached hydrogens (tertiary/aromatic N) is 2. The fourth-order valence-corrected chi connectivity index (χ4v) is 6.44. The highest BCUT2D eigenvalue weighted by Crippen LogP contribution is 2.52. The van der Waals surface area contributed by atoms with Gasteiger partial charge in [-0.1, -0.05) is 91.0 Å². The Labute approximate surface area is 188 Å². The summed E-state index contributed by atoms with van der Waals surface area (Å²) in [5, 5.41) is 0.809. The van der Waals surface area contributed by atoms with Crippen molar-refractivity contribution in [1.29, 1.82) is 0 Å². The Morgan fingerprint density at radius 3 is 1.53 bits per heavy atom. The first-order chi connectivity index (χ1) is 15.7. The third kappa shape index (κ3) is 3.88. The molecule has 0 atom stereocenters. The number of pyridine rings is 2. The van der Waals surface area contributed by atoms with Gasteiger partial charge in [0.25, 0.3) is 0 Å². The molecule has 4 aromatic rings. The van der Waals surface area contributed by atoms with E-state index in [4.69, 9.17) is 0 Å². The van der Waals surface area contributed by atoms with Crippen molar-refractivity contribution < 1.29 is 4.57 Å². The molecule has 3 nitrogen and oxygen atoms in total. The van der Waals surface area contributed by atoms with Crippen LogP contribution in [-0.4, -0.2) is 9.97 Å². The second kappa shape index (κ2) is 8.90. The number of hydrogen-bond acceptors (Lipinski definition) is 3. The molecule has 0 bridgehead atoms. The average molecular weight is 434 g/mol. The highest BCUT2D eigenvalue weighted by atomic mass is 31.2. The molecule has 0 spiro atoms. The van der Waals surface area contributed by atoms with Gasteiger partial charge in [0.15, 0.2) is 0 Å². The Bertz CT molecular complexity index is 1220. The average Bonchev–Trinajstić information content (AvgIpc) is 2.90. The van der Waals surface area contributed by atoms with Gasteiger partial charge in [0, 0.05) is 28.8 Å². The first-order valence-corrected chi connectivity index (χ1v) is 12.5. The van der Waals surface area contributed by atoms with E-state index < -0.39 is 7.14 Å². The van der Waals surface area contributed by atoms with Crippen molar-refractivity contribution in [3.05, 3.63) is 121 Å². The van der Waals surface area contributed by atoms with Crippen molar-refractivity contribution in [2.45, 2.75) is 12.8 Å². The van der Waals surface area contributed by atoms with Gasteiger partial charge in [-0.05, 0) is 36.1 Å². The molecule has 0 unspecified atom stereocenters. The number of allylic oxidation sites excluding steroid dienone is 4. The summed E-state index contributed by atoms with van der Waals surface area (Å²) >= 11 is 0. The molecule has 0 saturated carbocycles. The first kappa shape index (κ1) is 20.4. The minimum absolute atomic E-state index is 0.565. The fraction of sp³-hybridized carbons (Fsp3) is 0.0714. The van der Waals surface area contributed by atoms with Crippen LogP contribution in [0.2, 0.25) is 0 Å². The van der Waals surface area contributed by atoms with Crippen molar-refractivity contribution in [1.82, 2.24) is 9.97 Å². The van der Waals surface area contributed by atoms with E-state index in [1.165, 1.54) is 0 Å². The van der Waals surface area contributed by atoms with Gasteiger partial charge in [-0.15, -0.1) is 0 Å². The zero-order valence-electron chi connectivity index (χ0n) is 17.6. The van der Waals surface area contributed by atoms with Crippen LogP contribution in [0.4, 0.5) is 0 Å². The van der Waals surface area contributed by atoms with Gasteiger partial charge in [-0.25, -0.2) is 0 Å². The lowest BCUT2D eigenvalue weighted by Gasteiger charge is -2.21. The molecule has 4 heteroatoms. The van der Waals surface area contributed by atoms with Crippen molar-refractivity contribution in [3.63, 3.8) is 0 Å². The maximum absolute atomic E-state index is 14.6. The molecule has 2 aromatic carbocycles. The standard InChI is InChI=1S/C28H23N2OP/c31-32(26-14-8-3-9-15-26,27-18-16-24(20-29-27)22-10-4-1-5-11-22)28-19-17-25(21-30-28)23-12-6-2-7-13-23/h1-2,4-8,10-21H,3,9H2. The highest BCUT2D eigenvalue weighted by molar-refractivity contribution is 7.82. The predicted molar refractivity (Wildman–Crippen MR) is 133 cm³/mol. The van der Waals surface area contributed by atoms with E-state index in [1.54, 1.807) is 0 Å². The van der Waals surface area contributed by atoms with Crippen LogP contribution in [-0.2, 0) is 4.57 Å². The molecule has 0 radical (unpaired) electrons. The quantitative estimate of drug-likeness (QED) is 0.343. The van der Waals surface area contributed by atoms with Gasteiger partial charge in [0.05, 0.1) is 0 Å². The molecule has 2 heterocycles. The zero-order valence-corrected chi connectivity index (χ0v) is 18.5. The number of rotatable bonds is 5. The second-order valence-corrected chi connectivity index (χ2v) is 10.4. The molecule has 1 aliphatic rings. The van der Waals surface area contributed by atoms with Crippen LogP contribution in [0.25, 0.3) is 22.3 Å². The molecule has 156 valence electrons. The largest absolute Gasteiger partial charge is 0.305 e. The van der Waals surface area contributed by atoms with Gasteiger partial charge in [-0.3, -0.25) is 9.97 Å². The van der Waals surface area contributed by atoms with Crippen LogP contribution in [0, 0.1) is 0 Å². The Morgan fingerprint density at radius 2 is 1.12 bits per heavy atom. The molecule has 0 fully saturated rings. The zero-order chi connectivity index (χ0) is 21.8. The summed E-state index contributed by atoms with van der Waals surface area (Å²) in [5.74, 6) is 0. The normalized spacial score (nSPS) is 13.6. The lowest BCUT2D eigenvalue weighted by Crippen LogP contribution is -2.22. The maximum atomic E-state index is 14.6. The minimum Gasteiger partial charge on any atom is -0.305 e. The monoisotopic (exact) mass is 434 g/mol. The minimum atomic E-state index is -3.17. The topological polar surface area (TPSA) is 42.9 Å². The molecule has 32 heavy (non-hydrogen) atoms. The van der Waals surface area contributed by atoms with E-state index in [-0.39, 0.29) is 0 Å². The van der Waals surface area contributed by atoms with E-state index in [1.807, 2.05) is 103 Å². The summed E-state index contributed by atoms with van der Waals surface area (Å²) in [6, 6.07) is 28.0. The van der Waals surface area contributed by atoms with E-state index in [0.29, 0.717) is 10.9 Å². The molecule has 2 aromatic heterocycles. The van der Waals surface area contributed by atoms with Crippen LogP contribution >= 0.6 is 7.14 Å². The van der Waals surface area contributed by atoms with Crippen LogP contribution in [0.1, 0.15) is 12.8 Å². The number of hydrogen-bond donors (Lipinski definition) is 0. The van der Waals surface area contributed by atoms with Gasteiger partial charge < -0.3 is 4.57 Å². The van der Waals surface area contributed by atoms with Gasteiger partial charge in [-0.2, -0.15) is 0 Å². The summed E-state index contributed by atoms with van der Waals surface area (Å²) in [6.07, 6.45) is 11.6. The third-order valence-electron chi connectivity index (χ3n) is 5.69. The Balaban J connectivity index is 1.57. The molecular formula is C28H23N2OP. The van der Waals surface area contributed by atoms with E-state index in [9.17, 15) is 4.57 Å². The van der Waals surface area contributed by atoms with E-state index >= 15 is 0 Å². The van der Waals surface area contributed by atoms with Crippen LogP contribution in [0.15, 0.2) is 121 Å². The van der Waals surface area contributed by atoms with Crippen LogP contribution < -0.4 is 10.9 Å². The Kier molecular flexibility index (Phi) is 5.66. The summed E-state index contributed by atoms with van der Waals surface area (Å²) in [4.78, 5) is 9.36. The lowest BCUT2D eigenvalue weighted by atomic mass is 10.1. The molecule has 0 saturated heterocycles. The van der Waals surface area contributed by atoms with E-state index in [2.05, 4.69) is 22.1 Å². The summed E-state index contributed by atoms with van der Waals surface area (Å²) in [5.41, 5.74) is 5.31. The van der Waals surface area contributed by atoms with Crippen molar-refractivity contribution in [2.24, 2.45) is 0 Å². The third-order valence-corrected chi connectivity index (χ3v) is 8.57. The molecule has 0 amide bonds. The molecule has 1 aliphatic carbocycles. The number of aromatic nitrogens is 2. The number of benzene rings is 2. The smallest absolute Gasteiger partial charge is 0.205 e. The summed E-state index contributed by atoms with van der Waals surface area (Å²) in [7, 11) is -3.17. The molecule has 0 N–H and O–H groups in total.